The van der Waals surface area contributed by atoms with Crippen LogP contribution in [0.25, 0.3) is 0 Å². The Morgan fingerprint density at radius 1 is 0.639 bits per heavy atom. The zero-order valence-electron chi connectivity index (χ0n) is 23.6. The van der Waals surface area contributed by atoms with Crippen molar-refractivity contribution in [2.75, 3.05) is 19.8 Å². The summed E-state index contributed by atoms with van der Waals surface area (Å²) in [5.41, 5.74) is 0. The lowest BCUT2D eigenvalue weighted by Gasteiger charge is -2.15. The maximum atomic E-state index is 12.0. The molecule has 0 aliphatic carbocycles. The minimum absolute atomic E-state index is 0.313. The Morgan fingerprint density at radius 3 is 1.53 bits per heavy atom. The van der Waals surface area contributed by atoms with Crippen LogP contribution in [0.15, 0.2) is 12.2 Å². The van der Waals surface area contributed by atoms with Crippen molar-refractivity contribution in [2.45, 2.75) is 148 Å². The summed E-state index contributed by atoms with van der Waals surface area (Å²) in [4.78, 5) is 23.9. The molecule has 0 heterocycles. The van der Waals surface area contributed by atoms with Crippen LogP contribution < -0.4 is 5.32 Å². The summed E-state index contributed by atoms with van der Waals surface area (Å²) in [5, 5.41) is 11.8. The summed E-state index contributed by atoms with van der Waals surface area (Å²) >= 11 is 0. The number of carbonyl (C=O) groups excluding carboxylic acids is 2. The second kappa shape index (κ2) is 28.0. The van der Waals surface area contributed by atoms with Gasteiger partial charge in [0.25, 0.3) is 0 Å². The van der Waals surface area contributed by atoms with Crippen LogP contribution in [0.5, 0.6) is 0 Å². The summed E-state index contributed by atoms with van der Waals surface area (Å²) in [6.07, 6.45) is 27.8. The van der Waals surface area contributed by atoms with E-state index in [-0.39, 0.29) is 0 Å². The molecule has 0 rings (SSSR count). The van der Waals surface area contributed by atoms with Gasteiger partial charge in [0.1, 0.15) is 0 Å². The standard InChI is InChI=1S/C30H57NO5/c1-3-5-7-9-11-12-13-14-15-16-17-18-19-20-22-24-26-36-30(34)31-28(27-32)29(33)35-25-23-21-10-8-6-4-2/h14-15,28,32H,3-13,16-27H2,1-2H3,(H,31,34)/b15-14-. The quantitative estimate of drug-likeness (QED) is 0.0698. The minimum Gasteiger partial charge on any atom is -0.464 e. The highest BCUT2D eigenvalue weighted by atomic mass is 16.6. The van der Waals surface area contributed by atoms with Gasteiger partial charge in [-0.25, -0.2) is 9.59 Å². The molecule has 1 atom stereocenters. The average Bonchev–Trinajstić information content (AvgIpc) is 2.88. The van der Waals surface area contributed by atoms with Gasteiger partial charge in [0, 0.05) is 0 Å². The fourth-order valence-electron chi connectivity index (χ4n) is 4.03. The summed E-state index contributed by atoms with van der Waals surface area (Å²) in [7, 11) is 0. The number of esters is 1. The van der Waals surface area contributed by atoms with Crippen LogP contribution in [0.2, 0.25) is 0 Å². The molecule has 0 radical (unpaired) electrons. The van der Waals surface area contributed by atoms with Crippen LogP contribution in [0.4, 0.5) is 4.79 Å². The molecule has 6 nitrogen and oxygen atoms in total. The molecular weight excluding hydrogens is 454 g/mol. The van der Waals surface area contributed by atoms with Gasteiger partial charge in [-0.3, -0.25) is 0 Å². The van der Waals surface area contributed by atoms with Gasteiger partial charge >= 0.3 is 12.1 Å². The maximum Gasteiger partial charge on any atom is 0.407 e. The molecular formula is C30H57NO5. The Bertz CT molecular complexity index is 523. The van der Waals surface area contributed by atoms with Crippen LogP contribution in [0, 0.1) is 0 Å². The normalized spacial score (nSPS) is 12.1. The summed E-state index contributed by atoms with van der Waals surface area (Å²) < 4.78 is 10.3. The SMILES string of the molecule is CCCCCCCC/C=C\CCCCCCCCOC(=O)NC(CO)C(=O)OCCCCCCCC. The first-order chi connectivity index (χ1) is 17.7. The number of aliphatic hydroxyl groups is 1. The van der Waals surface area contributed by atoms with Crippen molar-refractivity contribution >= 4 is 12.1 Å². The minimum atomic E-state index is -1.07. The lowest BCUT2D eigenvalue weighted by atomic mass is 10.1. The molecule has 0 saturated carbocycles. The molecule has 6 heteroatoms. The number of amides is 1. The second-order valence-corrected chi connectivity index (χ2v) is 9.89. The number of rotatable bonds is 26. The van der Waals surface area contributed by atoms with Gasteiger partial charge < -0.3 is 19.9 Å². The highest BCUT2D eigenvalue weighted by molar-refractivity contribution is 5.81. The van der Waals surface area contributed by atoms with Crippen molar-refractivity contribution in [3.63, 3.8) is 0 Å². The molecule has 2 N–H and O–H groups in total. The third-order valence-electron chi connectivity index (χ3n) is 6.39. The highest BCUT2D eigenvalue weighted by Crippen LogP contribution is 2.10. The first kappa shape index (κ1) is 34.4. The highest BCUT2D eigenvalue weighted by Gasteiger charge is 2.21. The Morgan fingerprint density at radius 2 is 1.06 bits per heavy atom. The monoisotopic (exact) mass is 511 g/mol. The van der Waals surface area contributed by atoms with Gasteiger partial charge in [0.2, 0.25) is 0 Å². The number of nitrogens with one attached hydrogen (secondary N) is 1. The Hall–Kier alpha value is -1.56. The zero-order chi connectivity index (χ0) is 26.5. The summed E-state index contributed by atoms with van der Waals surface area (Å²) in [5.74, 6) is -0.611. The van der Waals surface area contributed by atoms with Gasteiger partial charge in [0.05, 0.1) is 19.8 Å². The van der Waals surface area contributed by atoms with Crippen molar-refractivity contribution in [3.8, 4) is 0 Å². The van der Waals surface area contributed by atoms with Crippen LogP contribution in [-0.4, -0.2) is 43.0 Å². The number of unbranched alkanes of at least 4 members (excludes halogenated alkanes) is 17. The molecule has 0 aliphatic heterocycles. The molecule has 0 aliphatic rings. The summed E-state index contributed by atoms with van der Waals surface area (Å²) in [6, 6.07) is -1.07. The molecule has 1 unspecified atom stereocenters. The van der Waals surface area contributed by atoms with Crippen molar-refractivity contribution in [1.82, 2.24) is 5.32 Å². The molecule has 212 valence electrons. The smallest absolute Gasteiger partial charge is 0.407 e. The number of aliphatic hydroxyl groups excluding tert-OH is 1. The van der Waals surface area contributed by atoms with Gasteiger partial charge in [-0.2, -0.15) is 0 Å². The molecule has 1 amide bonds. The lowest BCUT2D eigenvalue weighted by Crippen LogP contribution is -2.44. The largest absolute Gasteiger partial charge is 0.464 e. The number of alkyl carbamates (subject to hydrolysis) is 1. The molecule has 0 aromatic rings. The molecule has 0 saturated heterocycles. The molecule has 0 aromatic carbocycles. The van der Waals surface area contributed by atoms with E-state index in [1.807, 2.05) is 0 Å². The second-order valence-electron chi connectivity index (χ2n) is 9.89. The molecule has 0 spiro atoms. The van der Waals surface area contributed by atoms with E-state index in [1.165, 1.54) is 89.9 Å². The first-order valence-corrected chi connectivity index (χ1v) is 15.0. The van der Waals surface area contributed by atoms with Gasteiger partial charge in [0.15, 0.2) is 6.04 Å². The van der Waals surface area contributed by atoms with Crippen LogP contribution in [-0.2, 0) is 14.3 Å². The third-order valence-corrected chi connectivity index (χ3v) is 6.39. The van der Waals surface area contributed by atoms with Gasteiger partial charge in [-0.1, -0.05) is 116 Å². The average molecular weight is 512 g/mol. The van der Waals surface area contributed by atoms with E-state index in [2.05, 4.69) is 31.3 Å². The Balaban J connectivity index is 3.55. The molecule has 0 fully saturated rings. The molecule has 0 aromatic heterocycles. The molecule has 0 bridgehead atoms. The maximum absolute atomic E-state index is 12.0. The van der Waals surface area contributed by atoms with Crippen LogP contribution >= 0.6 is 0 Å². The van der Waals surface area contributed by atoms with E-state index in [0.717, 1.165) is 38.5 Å². The van der Waals surface area contributed by atoms with E-state index in [9.17, 15) is 14.7 Å². The lowest BCUT2D eigenvalue weighted by molar-refractivity contribution is -0.147. The van der Waals surface area contributed by atoms with Crippen molar-refractivity contribution in [1.29, 1.82) is 0 Å². The number of hydrogen-bond donors (Lipinski definition) is 2. The fraction of sp³-hybridized carbons (Fsp3) is 0.867. The Labute approximate surface area is 222 Å². The van der Waals surface area contributed by atoms with Gasteiger partial charge in [-0.15, -0.1) is 0 Å². The molecule has 36 heavy (non-hydrogen) atoms. The number of allylic oxidation sites excluding steroid dienone is 2. The third kappa shape index (κ3) is 24.1. The number of hydrogen-bond acceptors (Lipinski definition) is 5. The fourth-order valence-corrected chi connectivity index (χ4v) is 4.03. The first-order valence-electron chi connectivity index (χ1n) is 15.0. The number of carbonyl (C=O) groups is 2. The van der Waals surface area contributed by atoms with E-state index in [1.54, 1.807) is 0 Å². The van der Waals surface area contributed by atoms with Crippen LogP contribution in [0.3, 0.4) is 0 Å². The van der Waals surface area contributed by atoms with Crippen molar-refractivity contribution in [3.05, 3.63) is 12.2 Å². The van der Waals surface area contributed by atoms with Crippen LogP contribution in [0.1, 0.15) is 142 Å². The predicted octanol–water partition coefficient (Wildman–Crippen LogP) is 8.01. The van der Waals surface area contributed by atoms with E-state index < -0.39 is 24.7 Å². The van der Waals surface area contributed by atoms with E-state index >= 15 is 0 Å². The summed E-state index contributed by atoms with van der Waals surface area (Å²) in [6.45, 7) is 4.56. The number of ether oxygens (including phenoxy) is 2. The zero-order valence-corrected chi connectivity index (χ0v) is 23.6. The van der Waals surface area contributed by atoms with E-state index in [4.69, 9.17) is 9.47 Å². The Kier molecular flexibility index (Phi) is 26.8. The predicted molar refractivity (Wildman–Crippen MR) is 149 cm³/mol. The van der Waals surface area contributed by atoms with Gasteiger partial charge in [-0.05, 0) is 38.5 Å². The van der Waals surface area contributed by atoms with E-state index in [0.29, 0.717) is 13.2 Å². The van der Waals surface area contributed by atoms with Crippen molar-refractivity contribution in [2.24, 2.45) is 0 Å². The van der Waals surface area contributed by atoms with Crippen molar-refractivity contribution < 1.29 is 24.2 Å². The topological polar surface area (TPSA) is 84.9 Å².